The number of carbonyl (C=O) groups is 2. The van der Waals surface area contributed by atoms with E-state index in [2.05, 4.69) is 43.3 Å². The van der Waals surface area contributed by atoms with E-state index >= 15 is 0 Å². The third kappa shape index (κ3) is 12.5. The van der Waals surface area contributed by atoms with Crippen molar-refractivity contribution >= 4 is 22.7 Å². The summed E-state index contributed by atoms with van der Waals surface area (Å²) in [6, 6.07) is 24.9. The second kappa shape index (κ2) is 19.8. The number of benzene rings is 4. The highest BCUT2D eigenvalue weighted by Crippen LogP contribution is 2.29. The summed E-state index contributed by atoms with van der Waals surface area (Å²) in [5.41, 5.74) is 3.34. The number of aryl methyl sites for hydroxylation is 1. The van der Waals surface area contributed by atoms with Crippen molar-refractivity contribution in [2.24, 2.45) is 0 Å². The van der Waals surface area contributed by atoms with Crippen molar-refractivity contribution in [3.63, 3.8) is 0 Å². The van der Waals surface area contributed by atoms with Crippen molar-refractivity contribution in [1.82, 2.24) is 0 Å². The van der Waals surface area contributed by atoms with E-state index in [1.807, 2.05) is 12.1 Å². The highest BCUT2D eigenvalue weighted by atomic mass is 19.4. The number of carboxylic acids is 1. The van der Waals surface area contributed by atoms with Crippen molar-refractivity contribution in [2.45, 2.75) is 109 Å². The number of ether oxygens (including phenoxy) is 2. The summed E-state index contributed by atoms with van der Waals surface area (Å²) in [7, 11) is 0. The zero-order valence-electron chi connectivity index (χ0n) is 28.9. The lowest BCUT2D eigenvalue weighted by Crippen LogP contribution is -2.33. The van der Waals surface area contributed by atoms with E-state index in [0.717, 1.165) is 49.2 Å². The van der Waals surface area contributed by atoms with Gasteiger partial charge in [-0.3, -0.25) is 0 Å². The van der Waals surface area contributed by atoms with Crippen molar-refractivity contribution < 1.29 is 37.3 Å². The van der Waals surface area contributed by atoms with Crippen LogP contribution in [-0.4, -0.2) is 30.8 Å². The van der Waals surface area contributed by atoms with Gasteiger partial charge in [-0.2, -0.15) is 13.2 Å². The third-order valence-electron chi connectivity index (χ3n) is 9.02. The van der Waals surface area contributed by atoms with Crippen LogP contribution in [0, 0.1) is 0 Å². The van der Waals surface area contributed by atoms with Gasteiger partial charge in [0.1, 0.15) is 5.75 Å². The first-order valence-electron chi connectivity index (χ1n) is 18.0. The van der Waals surface area contributed by atoms with E-state index < -0.39 is 24.2 Å². The standard InChI is InChI=1S/C42H49F3O5/c1-2-3-4-5-6-7-10-13-28-49-38-26-24-33(25-27-38)32-18-16-31(17-19-32)14-11-8-9-12-15-39(42(43,44)45)50-41(48)37-23-21-34-29-36(40(46)47)22-20-35(34)30-37/h16-27,29-30,39H,2-15,28H2,1H3,(H,46,47)/p-1. The molecule has 50 heavy (non-hydrogen) atoms. The molecule has 5 nitrogen and oxygen atoms in total. The molecule has 4 aromatic rings. The molecule has 0 heterocycles. The van der Waals surface area contributed by atoms with E-state index in [-0.39, 0.29) is 24.0 Å². The van der Waals surface area contributed by atoms with Gasteiger partial charge < -0.3 is 19.4 Å². The molecule has 8 heteroatoms. The number of halogens is 3. The van der Waals surface area contributed by atoms with Crippen molar-refractivity contribution in [1.29, 1.82) is 0 Å². The number of unbranched alkanes of at least 4 members (excludes halogenated alkanes) is 10. The van der Waals surface area contributed by atoms with Gasteiger partial charge in [-0.25, -0.2) is 4.79 Å². The maximum atomic E-state index is 13.7. The van der Waals surface area contributed by atoms with Gasteiger partial charge in [-0.05, 0) is 95.5 Å². The zero-order chi connectivity index (χ0) is 35.8. The third-order valence-corrected chi connectivity index (χ3v) is 9.02. The Hall–Kier alpha value is -4.33. The first-order valence-corrected chi connectivity index (χ1v) is 18.0. The molecule has 0 aromatic heterocycles. The molecule has 0 saturated heterocycles. The maximum Gasteiger partial charge on any atom is 0.425 e. The summed E-state index contributed by atoms with van der Waals surface area (Å²) < 4.78 is 52.0. The Labute approximate surface area is 293 Å². The number of rotatable bonds is 21. The van der Waals surface area contributed by atoms with Crippen molar-refractivity contribution in [2.75, 3.05) is 6.61 Å². The quantitative estimate of drug-likeness (QED) is 0.0643. The van der Waals surface area contributed by atoms with E-state index in [1.54, 1.807) is 0 Å². The molecule has 0 spiro atoms. The molecule has 0 N–H and O–H groups in total. The summed E-state index contributed by atoms with van der Waals surface area (Å²) in [6.07, 6.45) is 6.30. The molecule has 1 unspecified atom stereocenters. The monoisotopic (exact) mass is 689 g/mol. The van der Waals surface area contributed by atoms with Crippen LogP contribution >= 0.6 is 0 Å². The number of carboxylic acid groups (broad SMARTS) is 1. The van der Waals surface area contributed by atoms with Gasteiger partial charge in [-0.15, -0.1) is 0 Å². The lowest BCUT2D eigenvalue weighted by atomic mass is 10.0. The van der Waals surface area contributed by atoms with Crippen LogP contribution in [0.1, 0.15) is 117 Å². The molecule has 1 atom stereocenters. The van der Waals surface area contributed by atoms with Crippen molar-refractivity contribution in [3.05, 3.63) is 102 Å². The fourth-order valence-corrected chi connectivity index (χ4v) is 6.03. The first-order chi connectivity index (χ1) is 24.1. The van der Waals surface area contributed by atoms with E-state index in [9.17, 15) is 27.9 Å². The average molecular weight is 690 g/mol. The predicted octanol–water partition coefficient (Wildman–Crippen LogP) is 10.7. The Kier molecular flexibility index (Phi) is 15.2. The second-order valence-electron chi connectivity index (χ2n) is 13.0. The smallest absolute Gasteiger partial charge is 0.425 e. The number of hydrogen-bond acceptors (Lipinski definition) is 5. The minimum atomic E-state index is -4.68. The topological polar surface area (TPSA) is 75.7 Å². The molecule has 0 amide bonds. The van der Waals surface area contributed by atoms with Gasteiger partial charge in [0.15, 0.2) is 6.10 Å². The van der Waals surface area contributed by atoms with Crippen LogP contribution in [0.4, 0.5) is 13.2 Å². The van der Waals surface area contributed by atoms with Gasteiger partial charge >= 0.3 is 12.1 Å². The molecule has 0 saturated carbocycles. The summed E-state index contributed by atoms with van der Waals surface area (Å²) in [4.78, 5) is 23.7. The predicted molar refractivity (Wildman–Crippen MR) is 190 cm³/mol. The van der Waals surface area contributed by atoms with E-state index in [1.165, 1.54) is 86.9 Å². The van der Waals surface area contributed by atoms with Crippen LogP contribution in [0.5, 0.6) is 5.75 Å². The highest BCUT2D eigenvalue weighted by Gasteiger charge is 2.42. The molecule has 4 rings (SSSR count). The Balaban J connectivity index is 1.14. The maximum absolute atomic E-state index is 13.7. The number of hydrogen-bond donors (Lipinski definition) is 0. The van der Waals surface area contributed by atoms with Gasteiger partial charge in [-0.1, -0.05) is 119 Å². The highest BCUT2D eigenvalue weighted by molar-refractivity contribution is 5.98. The van der Waals surface area contributed by atoms with Crippen LogP contribution in [0.3, 0.4) is 0 Å². The lowest BCUT2D eigenvalue weighted by Gasteiger charge is -2.21. The number of carbonyl (C=O) groups excluding carboxylic acids is 2. The summed E-state index contributed by atoms with van der Waals surface area (Å²) in [5, 5.41) is 12.1. The average Bonchev–Trinajstić information content (AvgIpc) is 3.11. The first kappa shape index (κ1) is 38.5. The zero-order valence-corrected chi connectivity index (χ0v) is 28.9. The molecular formula is C42H48F3O5-. The van der Waals surface area contributed by atoms with Crippen LogP contribution < -0.4 is 9.84 Å². The fourth-order valence-electron chi connectivity index (χ4n) is 6.03. The second-order valence-corrected chi connectivity index (χ2v) is 13.0. The minimum Gasteiger partial charge on any atom is -0.545 e. The SMILES string of the molecule is CCCCCCCCCCOc1ccc(-c2ccc(CCCCCCC(OC(=O)c3ccc4cc(C(=O)[O-])ccc4c3)C(F)(F)F)cc2)cc1. The fraction of sp³-hybridized carbons (Fsp3) is 0.429. The largest absolute Gasteiger partial charge is 0.545 e. The normalized spacial score (nSPS) is 12.2. The van der Waals surface area contributed by atoms with Gasteiger partial charge in [0.2, 0.25) is 0 Å². The molecule has 0 fully saturated rings. The molecule has 268 valence electrons. The Morgan fingerprint density at radius 3 is 1.82 bits per heavy atom. The molecule has 0 aliphatic heterocycles. The number of aromatic carboxylic acids is 1. The molecule has 0 aliphatic carbocycles. The van der Waals surface area contributed by atoms with E-state index in [0.29, 0.717) is 17.2 Å². The Morgan fingerprint density at radius 1 is 0.660 bits per heavy atom. The van der Waals surface area contributed by atoms with Crippen LogP contribution in [0.15, 0.2) is 84.9 Å². The minimum absolute atomic E-state index is 0.0326. The Morgan fingerprint density at radius 2 is 1.20 bits per heavy atom. The number of alkyl halides is 3. The lowest BCUT2D eigenvalue weighted by molar-refractivity contribution is -0.255. The van der Waals surface area contributed by atoms with Gasteiger partial charge in [0, 0.05) is 0 Å². The van der Waals surface area contributed by atoms with Crippen LogP contribution in [0.25, 0.3) is 21.9 Å². The number of fused-ring (bicyclic) bond motifs is 1. The van der Waals surface area contributed by atoms with Crippen molar-refractivity contribution in [3.8, 4) is 16.9 Å². The molecular weight excluding hydrogens is 641 g/mol. The molecule has 0 bridgehead atoms. The Bertz CT molecular complexity index is 1630. The molecule has 0 aliphatic rings. The number of esters is 1. The van der Waals surface area contributed by atoms with Crippen LogP contribution in [0.2, 0.25) is 0 Å². The van der Waals surface area contributed by atoms with Gasteiger partial charge in [0.05, 0.1) is 18.1 Å². The summed E-state index contributed by atoms with van der Waals surface area (Å²) in [6.45, 7) is 2.98. The van der Waals surface area contributed by atoms with Crippen LogP contribution in [-0.2, 0) is 11.2 Å². The molecule has 4 aromatic carbocycles. The summed E-state index contributed by atoms with van der Waals surface area (Å²) >= 11 is 0. The van der Waals surface area contributed by atoms with E-state index in [4.69, 9.17) is 9.47 Å². The molecule has 0 radical (unpaired) electrons. The summed E-state index contributed by atoms with van der Waals surface area (Å²) in [5.74, 6) is -1.53. The van der Waals surface area contributed by atoms with Gasteiger partial charge in [0.25, 0.3) is 0 Å².